The zero-order valence-electron chi connectivity index (χ0n) is 16.1. The van der Waals surface area contributed by atoms with Crippen molar-refractivity contribution in [2.24, 2.45) is 16.6 Å². The highest BCUT2D eigenvalue weighted by atomic mass is 127. The predicted octanol–water partition coefficient (Wildman–Crippen LogP) is 3.83. The third-order valence-electron chi connectivity index (χ3n) is 4.46. The number of anilines is 1. The van der Waals surface area contributed by atoms with Gasteiger partial charge in [0, 0.05) is 23.6 Å². The first-order chi connectivity index (χ1) is 13.0. The number of para-hydroxylation sites is 1. The third-order valence-corrected chi connectivity index (χ3v) is 4.46. The fraction of sp³-hybridized carbons (Fsp3) is 0.333. The van der Waals surface area contributed by atoms with Crippen molar-refractivity contribution in [3.63, 3.8) is 0 Å². The second kappa shape index (κ2) is 10.3. The summed E-state index contributed by atoms with van der Waals surface area (Å²) in [5.41, 5.74) is 8.99. The maximum Gasteiger partial charge on any atom is 0.226 e. The molecule has 0 radical (unpaired) electrons. The average Bonchev–Trinajstić information content (AvgIpc) is 2.67. The molecular weight excluding hydrogens is 467 g/mol. The molecule has 0 aliphatic carbocycles. The molecule has 0 saturated heterocycles. The third kappa shape index (κ3) is 5.85. The van der Waals surface area contributed by atoms with Gasteiger partial charge >= 0.3 is 0 Å². The Hall–Kier alpha value is -2.29. The number of ether oxygens (including phenoxy) is 1. The molecule has 0 fully saturated rings. The number of fused-ring (bicyclic) bond motifs is 1. The van der Waals surface area contributed by atoms with E-state index < -0.39 is 0 Å². The van der Waals surface area contributed by atoms with Crippen LogP contribution in [0.5, 0.6) is 5.75 Å². The van der Waals surface area contributed by atoms with Crippen LogP contribution in [-0.4, -0.2) is 18.5 Å². The van der Waals surface area contributed by atoms with Gasteiger partial charge in [0.15, 0.2) is 5.96 Å². The highest BCUT2D eigenvalue weighted by Crippen LogP contribution is 2.31. The standard InChI is InChI=1S/C21H26N4O2.HI/c1-14(2)20(26)24-16-9-7-15(8-10-16)13-23-21(22)25-18-11-12-27-19-6-4-3-5-17(18)19;/h3-10,14,18H,11-13H2,1-2H3,(H,24,26)(H3,22,23,25);1H. The minimum Gasteiger partial charge on any atom is -0.493 e. The summed E-state index contributed by atoms with van der Waals surface area (Å²) in [4.78, 5) is 16.2. The minimum atomic E-state index is -0.0459. The normalized spacial score (nSPS) is 15.8. The van der Waals surface area contributed by atoms with Crippen LogP contribution in [0.3, 0.4) is 0 Å². The van der Waals surface area contributed by atoms with E-state index in [1.165, 1.54) is 0 Å². The quantitative estimate of drug-likeness (QED) is 0.335. The lowest BCUT2D eigenvalue weighted by atomic mass is 10.0. The highest BCUT2D eigenvalue weighted by molar-refractivity contribution is 14.0. The van der Waals surface area contributed by atoms with E-state index in [1.807, 2.05) is 62.4 Å². The molecule has 150 valence electrons. The summed E-state index contributed by atoms with van der Waals surface area (Å²) >= 11 is 0. The number of carbonyl (C=O) groups is 1. The average molecular weight is 494 g/mol. The molecule has 1 aliphatic heterocycles. The Morgan fingerprint density at radius 1 is 1.21 bits per heavy atom. The van der Waals surface area contributed by atoms with E-state index >= 15 is 0 Å². The summed E-state index contributed by atoms with van der Waals surface area (Å²) in [6.45, 7) is 4.86. The first-order valence-corrected chi connectivity index (χ1v) is 9.21. The molecule has 7 heteroatoms. The van der Waals surface area contributed by atoms with Crippen LogP contribution in [0.2, 0.25) is 0 Å². The van der Waals surface area contributed by atoms with E-state index in [1.54, 1.807) is 0 Å². The van der Waals surface area contributed by atoms with Crippen LogP contribution in [0.15, 0.2) is 53.5 Å². The van der Waals surface area contributed by atoms with Gasteiger partial charge in [-0.3, -0.25) is 4.79 Å². The van der Waals surface area contributed by atoms with Gasteiger partial charge in [0.2, 0.25) is 5.91 Å². The monoisotopic (exact) mass is 494 g/mol. The number of nitrogens with two attached hydrogens (primary N) is 1. The molecule has 1 unspecified atom stereocenters. The topological polar surface area (TPSA) is 88.7 Å². The van der Waals surface area contributed by atoms with E-state index in [0.717, 1.165) is 29.0 Å². The van der Waals surface area contributed by atoms with Crippen molar-refractivity contribution in [2.75, 3.05) is 11.9 Å². The number of rotatable bonds is 5. The molecule has 1 amide bonds. The number of hydrogen-bond donors (Lipinski definition) is 3. The Bertz CT molecular complexity index is 821. The maximum atomic E-state index is 11.7. The Morgan fingerprint density at radius 3 is 2.64 bits per heavy atom. The summed E-state index contributed by atoms with van der Waals surface area (Å²) in [7, 11) is 0. The first kappa shape index (κ1) is 22.0. The number of benzene rings is 2. The fourth-order valence-electron chi connectivity index (χ4n) is 2.87. The number of nitrogens with one attached hydrogen (secondary N) is 2. The van der Waals surface area contributed by atoms with E-state index in [-0.39, 0.29) is 41.8 Å². The van der Waals surface area contributed by atoms with Crippen LogP contribution in [0.1, 0.15) is 37.4 Å². The Kier molecular flexibility index (Phi) is 8.10. The molecular formula is C21H27IN4O2. The maximum absolute atomic E-state index is 11.7. The molecule has 2 aromatic rings. The molecule has 0 aromatic heterocycles. The first-order valence-electron chi connectivity index (χ1n) is 9.21. The molecule has 0 saturated carbocycles. The lowest BCUT2D eigenvalue weighted by Gasteiger charge is -2.26. The molecule has 0 bridgehead atoms. The molecule has 0 spiro atoms. The number of amides is 1. The molecule has 1 atom stereocenters. The molecule has 1 aliphatic rings. The van der Waals surface area contributed by atoms with Gasteiger partial charge in [-0.1, -0.05) is 44.2 Å². The predicted molar refractivity (Wildman–Crippen MR) is 123 cm³/mol. The Balaban J connectivity index is 0.00000280. The zero-order chi connectivity index (χ0) is 19.2. The van der Waals surface area contributed by atoms with Gasteiger partial charge in [-0.2, -0.15) is 0 Å². The van der Waals surface area contributed by atoms with Crippen molar-refractivity contribution in [1.29, 1.82) is 0 Å². The van der Waals surface area contributed by atoms with Gasteiger partial charge in [0.25, 0.3) is 0 Å². The van der Waals surface area contributed by atoms with Crippen molar-refractivity contribution in [3.8, 4) is 5.75 Å². The molecule has 6 nitrogen and oxygen atoms in total. The summed E-state index contributed by atoms with van der Waals surface area (Å²) < 4.78 is 5.67. The van der Waals surface area contributed by atoms with Gasteiger partial charge in [0.05, 0.1) is 19.2 Å². The molecule has 28 heavy (non-hydrogen) atoms. The largest absolute Gasteiger partial charge is 0.493 e. The van der Waals surface area contributed by atoms with Gasteiger partial charge in [-0.25, -0.2) is 4.99 Å². The zero-order valence-corrected chi connectivity index (χ0v) is 18.5. The van der Waals surface area contributed by atoms with Crippen molar-refractivity contribution in [2.45, 2.75) is 32.9 Å². The summed E-state index contributed by atoms with van der Waals surface area (Å²) in [5, 5.41) is 6.16. The van der Waals surface area contributed by atoms with Crippen molar-refractivity contribution in [3.05, 3.63) is 59.7 Å². The summed E-state index contributed by atoms with van der Waals surface area (Å²) in [6, 6.07) is 15.7. The summed E-state index contributed by atoms with van der Waals surface area (Å²) in [5.74, 6) is 1.27. The second-order valence-electron chi connectivity index (χ2n) is 6.91. The van der Waals surface area contributed by atoms with E-state index in [0.29, 0.717) is 19.1 Å². The van der Waals surface area contributed by atoms with Crippen molar-refractivity contribution >= 4 is 41.5 Å². The second-order valence-corrected chi connectivity index (χ2v) is 6.91. The van der Waals surface area contributed by atoms with Crippen molar-refractivity contribution < 1.29 is 9.53 Å². The molecule has 2 aromatic carbocycles. The highest BCUT2D eigenvalue weighted by Gasteiger charge is 2.21. The Morgan fingerprint density at radius 2 is 1.93 bits per heavy atom. The molecule has 1 heterocycles. The van der Waals surface area contributed by atoms with Gasteiger partial charge in [0.1, 0.15) is 5.75 Å². The number of carbonyl (C=O) groups excluding carboxylic acids is 1. The number of halogens is 1. The van der Waals surface area contributed by atoms with Crippen LogP contribution in [0, 0.1) is 5.92 Å². The van der Waals surface area contributed by atoms with Gasteiger partial charge in [-0.05, 0) is 23.8 Å². The smallest absolute Gasteiger partial charge is 0.226 e. The van der Waals surface area contributed by atoms with E-state index in [2.05, 4.69) is 15.6 Å². The minimum absolute atomic E-state index is 0. The van der Waals surface area contributed by atoms with Crippen LogP contribution < -0.4 is 21.1 Å². The number of aliphatic imine (C=N–C) groups is 1. The van der Waals surface area contributed by atoms with Crippen LogP contribution in [0.25, 0.3) is 0 Å². The fourth-order valence-corrected chi connectivity index (χ4v) is 2.87. The number of nitrogens with zero attached hydrogens (tertiary/aromatic N) is 1. The molecule has 3 rings (SSSR count). The SMILES string of the molecule is CC(C)C(=O)Nc1ccc(CN=C(N)NC2CCOc3ccccc32)cc1.I. The lowest BCUT2D eigenvalue weighted by Crippen LogP contribution is -2.37. The van der Waals surface area contributed by atoms with Crippen LogP contribution in [0.4, 0.5) is 5.69 Å². The van der Waals surface area contributed by atoms with Gasteiger partial charge < -0.3 is 21.1 Å². The number of hydrogen-bond acceptors (Lipinski definition) is 3. The number of guanidine groups is 1. The summed E-state index contributed by atoms with van der Waals surface area (Å²) in [6.07, 6.45) is 0.845. The van der Waals surface area contributed by atoms with Crippen LogP contribution >= 0.6 is 24.0 Å². The van der Waals surface area contributed by atoms with Crippen molar-refractivity contribution in [1.82, 2.24) is 5.32 Å². The Labute approximate surface area is 183 Å². The van der Waals surface area contributed by atoms with E-state index in [9.17, 15) is 4.79 Å². The lowest BCUT2D eigenvalue weighted by molar-refractivity contribution is -0.118. The van der Waals surface area contributed by atoms with E-state index in [4.69, 9.17) is 10.5 Å². The van der Waals surface area contributed by atoms with Crippen LogP contribution in [-0.2, 0) is 11.3 Å². The van der Waals surface area contributed by atoms with Gasteiger partial charge in [-0.15, -0.1) is 24.0 Å². The molecule has 4 N–H and O–H groups in total.